The number of allylic oxidation sites excluding steroid dienone is 1. The van der Waals surface area contributed by atoms with Gasteiger partial charge in [-0.3, -0.25) is 9.36 Å². The van der Waals surface area contributed by atoms with Crippen molar-refractivity contribution >= 4 is 40.3 Å². The predicted octanol–water partition coefficient (Wildman–Crippen LogP) is 3.44. The third kappa shape index (κ3) is 5.17. The van der Waals surface area contributed by atoms with Crippen LogP contribution in [0.5, 0.6) is 11.5 Å². The number of amides is 2. The second-order valence-corrected chi connectivity index (χ2v) is 8.44. The molecular formula is C24H27ClN6O4. The van der Waals surface area contributed by atoms with Crippen molar-refractivity contribution in [3.05, 3.63) is 58.5 Å². The predicted molar refractivity (Wildman–Crippen MR) is 136 cm³/mol. The molecule has 0 radical (unpaired) electrons. The smallest absolute Gasteiger partial charge is 0.319 e. The fourth-order valence-corrected chi connectivity index (χ4v) is 4.34. The highest BCUT2D eigenvalue weighted by Gasteiger charge is 2.25. The van der Waals surface area contributed by atoms with E-state index in [1.165, 1.54) is 14.2 Å². The van der Waals surface area contributed by atoms with Gasteiger partial charge in [0.2, 0.25) is 0 Å². The summed E-state index contributed by atoms with van der Waals surface area (Å²) in [6.45, 7) is 5.24. The van der Waals surface area contributed by atoms with Gasteiger partial charge in [0.05, 0.1) is 24.9 Å². The summed E-state index contributed by atoms with van der Waals surface area (Å²) >= 11 is 6.19. The lowest BCUT2D eigenvalue weighted by atomic mass is 10.1. The van der Waals surface area contributed by atoms with Crippen LogP contribution in [0, 0.1) is 0 Å². The van der Waals surface area contributed by atoms with Crippen LogP contribution in [0.25, 0.3) is 11.2 Å². The number of carbonyl (C=O) groups is 1. The van der Waals surface area contributed by atoms with Crippen molar-refractivity contribution in [1.29, 1.82) is 0 Å². The molecule has 35 heavy (non-hydrogen) atoms. The van der Waals surface area contributed by atoms with Crippen LogP contribution in [0.4, 0.5) is 16.3 Å². The van der Waals surface area contributed by atoms with Crippen LogP contribution in [0.3, 0.4) is 0 Å². The molecule has 0 bridgehead atoms. The molecule has 0 saturated carbocycles. The fourth-order valence-electron chi connectivity index (χ4n) is 4.10. The molecular weight excluding hydrogens is 472 g/mol. The van der Waals surface area contributed by atoms with E-state index >= 15 is 0 Å². The maximum absolute atomic E-state index is 13.1. The van der Waals surface area contributed by atoms with E-state index in [0.717, 1.165) is 0 Å². The summed E-state index contributed by atoms with van der Waals surface area (Å²) in [6.07, 6.45) is 4.61. The zero-order valence-electron chi connectivity index (χ0n) is 19.6. The van der Waals surface area contributed by atoms with Gasteiger partial charge in [-0.2, -0.15) is 0 Å². The Labute approximate surface area is 207 Å². The second kappa shape index (κ2) is 10.6. The van der Waals surface area contributed by atoms with Crippen molar-refractivity contribution in [2.75, 3.05) is 37.5 Å². The fraction of sp³-hybridized carbons (Fsp3) is 0.333. The molecule has 0 unspecified atom stereocenters. The van der Waals surface area contributed by atoms with Gasteiger partial charge in [-0.15, -0.1) is 6.58 Å². The Morgan fingerprint density at radius 2 is 2.00 bits per heavy atom. The minimum absolute atomic E-state index is 0.0662. The van der Waals surface area contributed by atoms with Crippen LogP contribution in [0.2, 0.25) is 5.02 Å². The lowest BCUT2D eigenvalue weighted by Crippen LogP contribution is -2.47. The van der Waals surface area contributed by atoms with Gasteiger partial charge >= 0.3 is 6.03 Å². The molecule has 11 heteroatoms. The summed E-state index contributed by atoms with van der Waals surface area (Å²) < 4.78 is 12.1. The number of aromatic nitrogens is 3. The van der Waals surface area contributed by atoms with Crippen LogP contribution in [0.15, 0.2) is 47.9 Å². The first-order chi connectivity index (χ1) is 16.9. The molecule has 4 rings (SSSR count). The Bertz CT molecular complexity index is 1300. The average Bonchev–Trinajstić information content (AvgIpc) is 2.86. The number of methoxy groups -OCH3 is 2. The summed E-state index contributed by atoms with van der Waals surface area (Å²) in [5.74, 6) is 1.27. The van der Waals surface area contributed by atoms with E-state index in [4.69, 9.17) is 21.1 Å². The first-order valence-corrected chi connectivity index (χ1v) is 11.5. The van der Waals surface area contributed by atoms with Crippen molar-refractivity contribution < 1.29 is 14.3 Å². The Hall–Kier alpha value is -3.79. The maximum atomic E-state index is 13.1. The molecule has 2 N–H and O–H groups in total. The molecule has 184 valence electrons. The molecule has 2 amide bonds. The third-order valence-electron chi connectivity index (χ3n) is 5.85. The minimum atomic E-state index is -0.369. The summed E-state index contributed by atoms with van der Waals surface area (Å²) in [6, 6.07) is 6.39. The summed E-state index contributed by atoms with van der Waals surface area (Å²) in [7, 11) is 3.01. The number of fused-ring (bicyclic) bond motifs is 1. The molecule has 1 aliphatic heterocycles. The number of ether oxygens (including phenoxy) is 2. The summed E-state index contributed by atoms with van der Waals surface area (Å²) in [5.41, 5.74) is 1.41. The molecule has 10 nitrogen and oxygen atoms in total. The molecule has 1 aliphatic rings. The molecule has 1 fully saturated rings. The lowest BCUT2D eigenvalue weighted by molar-refractivity contribution is 0.245. The van der Waals surface area contributed by atoms with Crippen molar-refractivity contribution in [3.8, 4) is 11.5 Å². The number of hydrogen-bond acceptors (Lipinski definition) is 7. The first kappa shape index (κ1) is 24.3. The number of nitrogens with zero attached hydrogens (tertiary/aromatic N) is 4. The first-order valence-electron chi connectivity index (χ1n) is 11.2. The number of anilines is 2. The third-order valence-corrected chi connectivity index (χ3v) is 6.14. The molecule has 3 aromatic rings. The zero-order valence-corrected chi connectivity index (χ0v) is 20.3. The van der Waals surface area contributed by atoms with Crippen molar-refractivity contribution in [2.45, 2.75) is 25.4 Å². The Balaban J connectivity index is 1.43. The molecule has 0 spiro atoms. The minimum Gasteiger partial charge on any atom is -0.495 e. The molecule has 2 aromatic heterocycles. The Morgan fingerprint density at radius 3 is 2.69 bits per heavy atom. The van der Waals surface area contributed by atoms with Gasteiger partial charge in [0, 0.05) is 37.9 Å². The number of rotatable bonds is 7. The Kier molecular flexibility index (Phi) is 7.40. The van der Waals surface area contributed by atoms with E-state index in [2.05, 4.69) is 27.2 Å². The number of piperidine rings is 1. The van der Waals surface area contributed by atoms with E-state index in [9.17, 15) is 9.59 Å². The number of nitrogens with one attached hydrogen (secondary N) is 2. The van der Waals surface area contributed by atoms with Gasteiger partial charge < -0.3 is 25.0 Å². The number of urea groups is 1. The van der Waals surface area contributed by atoms with E-state index < -0.39 is 0 Å². The van der Waals surface area contributed by atoms with Gasteiger partial charge in [-0.05, 0) is 31.0 Å². The van der Waals surface area contributed by atoms with Crippen molar-refractivity contribution in [1.82, 2.24) is 19.9 Å². The van der Waals surface area contributed by atoms with Crippen LogP contribution < -0.4 is 30.6 Å². The van der Waals surface area contributed by atoms with Crippen LogP contribution in [-0.2, 0) is 6.54 Å². The van der Waals surface area contributed by atoms with Crippen LogP contribution >= 0.6 is 11.6 Å². The topological polar surface area (TPSA) is 111 Å². The SMILES string of the molecule is C=CCn1c(=O)c(N2CCC(NC(=O)Nc3cc(Cl)c(OC)cc3OC)CC2)nc2cccnc21. The van der Waals surface area contributed by atoms with Gasteiger partial charge in [0.15, 0.2) is 11.5 Å². The highest BCUT2D eigenvalue weighted by atomic mass is 35.5. The van der Waals surface area contributed by atoms with Crippen molar-refractivity contribution in [2.24, 2.45) is 0 Å². The standard InChI is InChI=1S/C24H27ClN6O4/c1-4-10-31-21-17(6-5-9-26-21)28-22(23(31)32)30-11-7-15(8-12-30)27-24(33)29-18-13-16(25)19(34-2)14-20(18)35-3/h4-6,9,13-15H,1,7-8,10-12H2,2-3H3,(H2,27,29,33). The molecule has 0 aliphatic carbocycles. The number of hydrogen-bond donors (Lipinski definition) is 2. The Morgan fingerprint density at radius 1 is 1.26 bits per heavy atom. The van der Waals surface area contributed by atoms with Gasteiger partial charge in [0.1, 0.15) is 17.0 Å². The highest BCUT2D eigenvalue weighted by Crippen LogP contribution is 2.35. The zero-order chi connectivity index (χ0) is 24.9. The number of carbonyl (C=O) groups excluding carboxylic acids is 1. The van der Waals surface area contributed by atoms with Crippen LogP contribution in [0.1, 0.15) is 12.8 Å². The molecule has 3 heterocycles. The van der Waals surface area contributed by atoms with Gasteiger partial charge in [0.25, 0.3) is 5.56 Å². The lowest BCUT2D eigenvalue weighted by Gasteiger charge is -2.33. The largest absolute Gasteiger partial charge is 0.495 e. The van der Waals surface area contributed by atoms with Gasteiger partial charge in [-0.25, -0.2) is 14.8 Å². The number of pyridine rings is 1. The van der Waals surface area contributed by atoms with E-state index in [1.54, 1.807) is 35.0 Å². The van der Waals surface area contributed by atoms with E-state index in [1.807, 2.05) is 11.0 Å². The van der Waals surface area contributed by atoms with E-state index in [-0.39, 0.29) is 17.6 Å². The van der Waals surface area contributed by atoms with E-state index in [0.29, 0.717) is 71.7 Å². The summed E-state index contributed by atoms with van der Waals surface area (Å²) in [4.78, 5) is 36.6. The van der Waals surface area contributed by atoms with Gasteiger partial charge in [-0.1, -0.05) is 17.7 Å². The quantitative estimate of drug-likeness (QED) is 0.480. The molecule has 1 aromatic carbocycles. The number of halogens is 1. The van der Waals surface area contributed by atoms with Crippen LogP contribution in [-0.4, -0.2) is 53.9 Å². The average molecular weight is 499 g/mol. The highest BCUT2D eigenvalue weighted by molar-refractivity contribution is 6.32. The monoisotopic (exact) mass is 498 g/mol. The normalized spacial score (nSPS) is 14.0. The second-order valence-electron chi connectivity index (χ2n) is 8.03. The summed E-state index contributed by atoms with van der Waals surface area (Å²) in [5, 5.41) is 6.12. The number of benzene rings is 1. The molecule has 1 saturated heterocycles. The maximum Gasteiger partial charge on any atom is 0.319 e. The van der Waals surface area contributed by atoms with Crippen molar-refractivity contribution in [3.63, 3.8) is 0 Å². The molecule has 0 atom stereocenters.